The highest BCUT2D eigenvalue weighted by atomic mass is 35.5. The number of carbonyl (C=O) groups excluding carboxylic acids is 1. The third-order valence-electron chi connectivity index (χ3n) is 3.28. The van der Waals surface area contributed by atoms with Crippen LogP contribution < -0.4 is 10.1 Å². The zero-order valence-corrected chi connectivity index (χ0v) is 14.3. The van der Waals surface area contributed by atoms with Crippen molar-refractivity contribution in [2.75, 3.05) is 11.9 Å². The first kappa shape index (κ1) is 16.9. The Morgan fingerprint density at radius 1 is 1.24 bits per heavy atom. The van der Waals surface area contributed by atoms with Crippen molar-refractivity contribution < 1.29 is 9.53 Å². The van der Waals surface area contributed by atoms with Crippen LogP contribution in [-0.4, -0.2) is 32.7 Å². The van der Waals surface area contributed by atoms with E-state index in [4.69, 9.17) is 16.3 Å². The van der Waals surface area contributed by atoms with Crippen LogP contribution in [0, 0.1) is 0 Å². The number of ether oxygens (including phenoxy) is 1. The lowest BCUT2D eigenvalue weighted by Crippen LogP contribution is -2.20. The van der Waals surface area contributed by atoms with Gasteiger partial charge in [0.2, 0.25) is 11.7 Å². The molecule has 1 amide bonds. The SMILES string of the molecule is CCOc1ccccc1NC(=O)Cn1nnc(-c2cccc(Cl)c2)n1. The van der Waals surface area contributed by atoms with E-state index in [0.29, 0.717) is 28.9 Å². The van der Waals surface area contributed by atoms with Crippen LogP contribution in [0.25, 0.3) is 11.4 Å². The summed E-state index contributed by atoms with van der Waals surface area (Å²) >= 11 is 5.96. The number of hydrogen-bond acceptors (Lipinski definition) is 5. The predicted molar refractivity (Wildman–Crippen MR) is 94.5 cm³/mol. The van der Waals surface area contributed by atoms with E-state index >= 15 is 0 Å². The van der Waals surface area contributed by atoms with Crippen LogP contribution in [0.3, 0.4) is 0 Å². The van der Waals surface area contributed by atoms with E-state index < -0.39 is 0 Å². The van der Waals surface area contributed by atoms with Crippen molar-refractivity contribution in [2.45, 2.75) is 13.5 Å². The minimum Gasteiger partial charge on any atom is -0.492 e. The molecule has 0 radical (unpaired) electrons. The Labute approximate surface area is 149 Å². The normalized spacial score (nSPS) is 10.5. The number of tetrazole rings is 1. The van der Waals surface area contributed by atoms with Gasteiger partial charge in [-0.15, -0.1) is 10.2 Å². The van der Waals surface area contributed by atoms with Crippen LogP contribution in [0.4, 0.5) is 5.69 Å². The van der Waals surface area contributed by atoms with Crippen molar-refractivity contribution in [3.05, 3.63) is 53.6 Å². The van der Waals surface area contributed by atoms with Gasteiger partial charge in [0.25, 0.3) is 0 Å². The number of carbonyl (C=O) groups is 1. The van der Waals surface area contributed by atoms with Crippen molar-refractivity contribution in [3.8, 4) is 17.1 Å². The Morgan fingerprint density at radius 2 is 2.08 bits per heavy atom. The molecule has 8 heteroatoms. The second kappa shape index (κ2) is 7.76. The topological polar surface area (TPSA) is 81.9 Å². The second-order valence-electron chi connectivity index (χ2n) is 5.13. The highest BCUT2D eigenvalue weighted by molar-refractivity contribution is 6.30. The third kappa shape index (κ3) is 4.33. The molecule has 3 aromatic rings. The minimum atomic E-state index is -0.276. The van der Waals surface area contributed by atoms with Gasteiger partial charge in [-0.1, -0.05) is 35.9 Å². The Morgan fingerprint density at radius 3 is 2.88 bits per heavy atom. The Kier molecular flexibility index (Phi) is 5.25. The monoisotopic (exact) mass is 357 g/mol. The van der Waals surface area contributed by atoms with Crippen molar-refractivity contribution in [1.29, 1.82) is 0 Å². The van der Waals surface area contributed by atoms with E-state index in [1.54, 1.807) is 30.3 Å². The molecular formula is C17H16ClN5O2. The molecule has 1 aromatic heterocycles. The highest BCUT2D eigenvalue weighted by Crippen LogP contribution is 2.23. The zero-order chi connectivity index (χ0) is 17.6. The molecule has 0 saturated heterocycles. The van der Waals surface area contributed by atoms with E-state index in [1.165, 1.54) is 4.80 Å². The fraction of sp³-hybridized carbons (Fsp3) is 0.176. The van der Waals surface area contributed by atoms with E-state index in [2.05, 4.69) is 20.7 Å². The van der Waals surface area contributed by atoms with Crippen LogP contribution in [0.15, 0.2) is 48.5 Å². The number of halogens is 1. The standard InChI is InChI=1S/C17H16ClN5O2/c1-2-25-15-9-4-3-8-14(15)19-16(24)11-23-21-17(20-22-23)12-6-5-7-13(18)10-12/h3-10H,2,11H2,1H3,(H,19,24). The maximum atomic E-state index is 12.2. The van der Waals surface area contributed by atoms with Gasteiger partial charge in [0.05, 0.1) is 12.3 Å². The molecule has 0 spiro atoms. The maximum Gasteiger partial charge on any atom is 0.248 e. The summed E-state index contributed by atoms with van der Waals surface area (Å²) in [6.45, 7) is 2.34. The average molecular weight is 358 g/mol. The largest absolute Gasteiger partial charge is 0.492 e. The lowest BCUT2D eigenvalue weighted by Gasteiger charge is -2.10. The number of aromatic nitrogens is 4. The van der Waals surface area contributed by atoms with Crippen LogP contribution in [0.5, 0.6) is 5.75 Å². The van der Waals surface area contributed by atoms with Gasteiger partial charge in [-0.2, -0.15) is 4.80 Å². The van der Waals surface area contributed by atoms with Gasteiger partial charge < -0.3 is 10.1 Å². The number of nitrogens with one attached hydrogen (secondary N) is 1. The van der Waals surface area contributed by atoms with Gasteiger partial charge in [0, 0.05) is 10.6 Å². The lowest BCUT2D eigenvalue weighted by atomic mass is 10.2. The number of rotatable bonds is 6. The van der Waals surface area contributed by atoms with Crippen molar-refractivity contribution in [3.63, 3.8) is 0 Å². The molecule has 0 aliphatic rings. The van der Waals surface area contributed by atoms with Crippen molar-refractivity contribution in [1.82, 2.24) is 20.2 Å². The molecule has 128 valence electrons. The number of amides is 1. The number of anilines is 1. The molecule has 0 atom stereocenters. The van der Waals surface area contributed by atoms with Crippen molar-refractivity contribution in [2.24, 2.45) is 0 Å². The number of nitrogens with zero attached hydrogens (tertiary/aromatic N) is 4. The summed E-state index contributed by atoms with van der Waals surface area (Å²) in [6, 6.07) is 14.4. The lowest BCUT2D eigenvalue weighted by molar-refractivity contribution is -0.117. The molecule has 3 rings (SSSR count). The molecule has 0 fully saturated rings. The molecular weight excluding hydrogens is 342 g/mol. The Hall–Kier alpha value is -2.93. The van der Waals surface area contributed by atoms with Gasteiger partial charge in [-0.3, -0.25) is 4.79 Å². The second-order valence-corrected chi connectivity index (χ2v) is 5.57. The summed E-state index contributed by atoms with van der Waals surface area (Å²) in [4.78, 5) is 13.5. The molecule has 0 aliphatic carbocycles. The van der Waals surface area contributed by atoms with Crippen LogP contribution in [-0.2, 0) is 11.3 Å². The average Bonchev–Trinajstić information content (AvgIpc) is 3.05. The van der Waals surface area contributed by atoms with Crippen LogP contribution in [0.1, 0.15) is 6.92 Å². The first-order valence-electron chi connectivity index (χ1n) is 7.71. The summed E-state index contributed by atoms with van der Waals surface area (Å²) in [5.74, 6) is 0.747. The molecule has 2 aromatic carbocycles. The summed E-state index contributed by atoms with van der Waals surface area (Å²) in [7, 11) is 0. The van der Waals surface area contributed by atoms with E-state index in [0.717, 1.165) is 5.56 Å². The summed E-state index contributed by atoms with van der Waals surface area (Å²) in [5.41, 5.74) is 1.34. The summed E-state index contributed by atoms with van der Waals surface area (Å²) < 4.78 is 5.48. The van der Waals surface area contributed by atoms with E-state index in [1.807, 2.05) is 25.1 Å². The molecule has 0 unspecified atom stereocenters. The van der Waals surface area contributed by atoms with Crippen LogP contribution in [0.2, 0.25) is 5.02 Å². The fourth-order valence-electron chi connectivity index (χ4n) is 2.22. The smallest absolute Gasteiger partial charge is 0.248 e. The molecule has 1 N–H and O–H groups in total. The Balaban J connectivity index is 1.68. The van der Waals surface area contributed by atoms with Crippen molar-refractivity contribution >= 4 is 23.2 Å². The Bertz CT molecular complexity index is 881. The van der Waals surface area contributed by atoms with E-state index in [9.17, 15) is 4.79 Å². The first-order valence-corrected chi connectivity index (χ1v) is 8.09. The molecule has 25 heavy (non-hydrogen) atoms. The zero-order valence-electron chi connectivity index (χ0n) is 13.5. The van der Waals surface area contributed by atoms with Crippen LogP contribution >= 0.6 is 11.6 Å². The number of para-hydroxylation sites is 2. The first-order chi connectivity index (χ1) is 12.2. The molecule has 0 bridgehead atoms. The van der Waals surface area contributed by atoms with E-state index in [-0.39, 0.29) is 12.5 Å². The highest BCUT2D eigenvalue weighted by Gasteiger charge is 2.11. The number of benzene rings is 2. The predicted octanol–water partition coefficient (Wildman–Crippen LogP) is 3.03. The van der Waals surface area contributed by atoms with Gasteiger partial charge >= 0.3 is 0 Å². The van der Waals surface area contributed by atoms with Gasteiger partial charge in [-0.05, 0) is 36.4 Å². The van der Waals surface area contributed by atoms with Gasteiger partial charge in [0.15, 0.2) is 0 Å². The summed E-state index contributed by atoms with van der Waals surface area (Å²) in [6.07, 6.45) is 0. The quantitative estimate of drug-likeness (QED) is 0.733. The molecule has 7 nitrogen and oxygen atoms in total. The fourth-order valence-corrected chi connectivity index (χ4v) is 2.41. The molecule has 1 heterocycles. The third-order valence-corrected chi connectivity index (χ3v) is 3.52. The molecule has 0 saturated carbocycles. The van der Waals surface area contributed by atoms with Gasteiger partial charge in [-0.25, -0.2) is 0 Å². The molecule has 0 aliphatic heterocycles. The summed E-state index contributed by atoms with van der Waals surface area (Å²) in [5, 5.41) is 15.4. The number of hydrogen-bond donors (Lipinski definition) is 1. The van der Waals surface area contributed by atoms with Gasteiger partial charge in [0.1, 0.15) is 12.3 Å². The minimum absolute atomic E-state index is 0.0615. The maximum absolute atomic E-state index is 12.2.